The largest absolute Gasteiger partial charge is 0.338 e. The van der Waals surface area contributed by atoms with E-state index in [1.807, 2.05) is 4.68 Å². The van der Waals surface area contributed by atoms with Crippen LogP contribution in [0.3, 0.4) is 0 Å². The van der Waals surface area contributed by atoms with Crippen molar-refractivity contribution in [2.75, 3.05) is 6.54 Å². The lowest BCUT2D eigenvalue weighted by molar-refractivity contribution is -0.130. The number of aromatic nitrogens is 3. The maximum Gasteiger partial charge on any atom is 0.240 e. The lowest BCUT2D eigenvalue weighted by Gasteiger charge is -2.26. The van der Waals surface area contributed by atoms with Crippen LogP contribution < -0.4 is 5.32 Å². The average molecular weight is 289 g/mol. The van der Waals surface area contributed by atoms with E-state index in [-0.39, 0.29) is 12.1 Å². The second-order valence-electron chi connectivity index (χ2n) is 6.43. The fourth-order valence-electron chi connectivity index (χ4n) is 3.56. The molecule has 0 spiro atoms. The number of carbonyl (C=O) groups is 1. The van der Waals surface area contributed by atoms with Crippen molar-refractivity contribution in [2.45, 2.75) is 70.1 Å². The summed E-state index contributed by atoms with van der Waals surface area (Å²) in [5.74, 6) is 2.23. The van der Waals surface area contributed by atoms with E-state index in [2.05, 4.69) is 27.2 Å². The summed E-state index contributed by atoms with van der Waals surface area (Å²) in [6, 6.07) is 0.689. The smallest absolute Gasteiger partial charge is 0.240 e. The normalized spacial score (nSPS) is 29.0. The molecule has 1 amide bonds. The molecular formula is C15H23N5O. The van der Waals surface area contributed by atoms with E-state index in [4.69, 9.17) is 0 Å². The van der Waals surface area contributed by atoms with Gasteiger partial charge in [0.25, 0.3) is 0 Å². The Morgan fingerprint density at radius 3 is 2.81 bits per heavy atom. The van der Waals surface area contributed by atoms with Crippen LogP contribution in [0, 0.1) is 0 Å². The molecule has 0 bridgehead atoms. The van der Waals surface area contributed by atoms with E-state index < -0.39 is 0 Å². The molecule has 2 atom stereocenters. The quantitative estimate of drug-likeness (QED) is 0.899. The van der Waals surface area contributed by atoms with E-state index in [0.29, 0.717) is 11.9 Å². The molecule has 0 aromatic carbocycles. The number of nitrogens with zero attached hydrogens (tertiary/aromatic N) is 4. The fraction of sp³-hybridized carbons (Fsp3) is 0.800. The first kappa shape index (κ1) is 13.2. The van der Waals surface area contributed by atoms with Gasteiger partial charge in [-0.3, -0.25) is 10.1 Å². The second kappa shape index (κ2) is 5.09. The van der Waals surface area contributed by atoms with E-state index in [1.54, 1.807) is 0 Å². The van der Waals surface area contributed by atoms with Crippen LogP contribution in [0.5, 0.6) is 0 Å². The number of amides is 1. The van der Waals surface area contributed by atoms with Gasteiger partial charge in [0.15, 0.2) is 5.82 Å². The van der Waals surface area contributed by atoms with Crippen molar-refractivity contribution in [1.29, 1.82) is 0 Å². The Morgan fingerprint density at radius 2 is 2.05 bits per heavy atom. The highest BCUT2D eigenvalue weighted by molar-refractivity contribution is 5.84. The number of rotatable bonds is 4. The standard InChI is InChI=1S/C15H23N5O/c1-2-13-17-14-11(4-3-8-20(14)18-13)16-12-7-9-19(15(12)21)10-5-6-10/h10-12,16H,2-9H2,1H3. The van der Waals surface area contributed by atoms with Gasteiger partial charge in [0.05, 0.1) is 12.1 Å². The van der Waals surface area contributed by atoms with Crippen molar-refractivity contribution in [1.82, 2.24) is 25.0 Å². The number of aryl methyl sites for hydroxylation is 2. The molecule has 6 nitrogen and oxygen atoms in total. The number of fused-ring (bicyclic) bond motifs is 1. The van der Waals surface area contributed by atoms with Gasteiger partial charge in [0.2, 0.25) is 5.91 Å². The number of likely N-dealkylation sites (tertiary alicyclic amines) is 1. The zero-order valence-corrected chi connectivity index (χ0v) is 12.6. The Labute approximate surface area is 124 Å². The van der Waals surface area contributed by atoms with Crippen LogP contribution in [-0.4, -0.2) is 44.2 Å². The Morgan fingerprint density at radius 1 is 1.19 bits per heavy atom. The third-order valence-electron chi connectivity index (χ3n) is 4.86. The zero-order valence-electron chi connectivity index (χ0n) is 12.6. The summed E-state index contributed by atoms with van der Waals surface area (Å²) in [7, 11) is 0. The minimum atomic E-state index is -0.0241. The Balaban J connectivity index is 1.48. The molecule has 1 N–H and O–H groups in total. The molecule has 2 unspecified atom stereocenters. The summed E-state index contributed by atoms with van der Waals surface area (Å²) in [6.45, 7) is 3.95. The molecule has 1 saturated heterocycles. The highest BCUT2D eigenvalue weighted by Gasteiger charge is 2.41. The monoisotopic (exact) mass is 289 g/mol. The van der Waals surface area contributed by atoms with Gasteiger partial charge < -0.3 is 4.90 Å². The summed E-state index contributed by atoms with van der Waals surface area (Å²) in [5, 5.41) is 8.10. The zero-order chi connectivity index (χ0) is 14.4. The minimum Gasteiger partial charge on any atom is -0.338 e. The number of nitrogens with one attached hydrogen (secondary N) is 1. The first-order valence-electron chi connectivity index (χ1n) is 8.26. The molecule has 1 aromatic rings. The number of hydrogen-bond donors (Lipinski definition) is 1. The summed E-state index contributed by atoms with van der Waals surface area (Å²) in [4.78, 5) is 19.2. The molecular weight excluding hydrogens is 266 g/mol. The molecule has 114 valence electrons. The van der Waals surface area contributed by atoms with Crippen molar-refractivity contribution in [3.05, 3.63) is 11.6 Å². The van der Waals surface area contributed by atoms with Crippen LogP contribution in [0.15, 0.2) is 0 Å². The van der Waals surface area contributed by atoms with Gasteiger partial charge >= 0.3 is 0 Å². The molecule has 2 fully saturated rings. The summed E-state index contributed by atoms with van der Waals surface area (Å²) in [5.41, 5.74) is 0. The van der Waals surface area contributed by atoms with Gasteiger partial charge in [-0.2, -0.15) is 5.10 Å². The molecule has 1 aliphatic carbocycles. The Hall–Kier alpha value is -1.43. The molecule has 1 saturated carbocycles. The second-order valence-corrected chi connectivity index (χ2v) is 6.43. The Bertz CT molecular complexity index is 550. The maximum atomic E-state index is 12.5. The van der Waals surface area contributed by atoms with Gasteiger partial charge in [-0.15, -0.1) is 0 Å². The molecule has 0 radical (unpaired) electrons. The van der Waals surface area contributed by atoms with Crippen molar-refractivity contribution in [2.24, 2.45) is 0 Å². The van der Waals surface area contributed by atoms with Gasteiger partial charge in [-0.25, -0.2) is 9.67 Å². The van der Waals surface area contributed by atoms with Crippen molar-refractivity contribution in [3.8, 4) is 0 Å². The lowest BCUT2D eigenvalue weighted by atomic mass is 10.1. The van der Waals surface area contributed by atoms with Crippen LogP contribution in [0.1, 0.15) is 56.7 Å². The molecule has 3 heterocycles. The van der Waals surface area contributed by atoms with Crippen LogP contribution >= 0.6 is 0 Å². The van der Waals surface area contributed by atoms with Gasteiger partial charge in [-0.1, -0.05) is 6.92 Å². The molecule has 2 aliphatic heterocycles. The predicted molar refractivity (Wildman–Crippen MR) is 77.7 cm³/mol. The molecule has 3 aliphatic rings. The fourth-order valence-corrected chi connectivity index (χ4v) is 3.56. The van der Waals surface area contributed by atoms with Crippen LogP contribution in [0.2, 0.25) is 0 Å². The van der Waals surface area contributed by atoms with E-state index >= 15 is 0 Å². The van der Waals surface area contributed by atoms with Crippen LogP contribution in [-0.2, 0) is 17.8 Å². The number of hydrogen-bond acceptors (Lipinski definition) is 4. The molecule has 6 heteroatoms. The molecule has 1 aromatic heterocycles. The van der Waals surface area contributed by atoms with E-state index in [0.717, 1.165) is 50.4 Å². The van der Waals surface area contributed by atoms with Gasteiger partial charge in [0, 0.05) is 25.6 Å². The summed E-state index contributed by atoms with van der Waals surface area (Å²) < 4.78 is 2.03. The van der Waals surface area contributed by atoms with Crippen LogP contribution in [0.4, 0.5) is 0 Å². The van der Waals surface area contributed by atoms with Crippen molar-refractivity contribution < 1.29 is 4.79 Å². The third kappa shape index (κ3) is 2.35. The number of carbonyl (C=O) groups excluding carboxylic acids is 1. The van der Waals surface area contributed by atoms with Gasteiger partial charge in [0.1, 0.15) is 5.82 Å². The molecule has 4 rings (SSSR count). The molecule has 21 heavy (non-hydrogen) atoms. The van der Waals surface area contributed by atoms with E-state index in [9.17, 15) is 4.79 Å². The first-order chi connectivity index (χ1) is 10.3. The topological polar surface area (TPSA) is 63.1 Å². The maximum absolute atomic E-state index is 12.5. The first-order valence-corrected chi connectivity index (χ1v) is 8.26. The third-order valence-corrected chi connectivity index (χ3v) is 4.86. The SMILES string of the molecule is CCc1nc2n(n1)CCCC2NC1CCN(C2CC2)C1=O. The summed E-state index contributed by atoms with van der Waals surface area (Å²) in [6.07, 6.45) is 6.33. The average Bonchev–Trinajstić information content (AvgIpc) is 3.14. The summed E-state index contributed by atoms with van der Waals surface area (Å²) >= 11 is 0. The Kier molecular flexibility index (Phi) is 3.21. The van der Waals surface area contributed by atoms with Gasteiger partial charge in [-0.05, 0) is 32.1 Å². The lowest BCUT2D eigenvalue weighted by Crippen LogP contribution is -2.42. The van der Waals surface area contributed by atoms with Crippen LogP contribution in [0.25, 0.3) is 0 Å². The van der Waals surface area contributed by atoms with Crippen molar-refractivity contribution >= 4 is 5.91 Å². The highest BCUT2D eigenvalue weighted by Crippen LogP contribution is 2.32. The minimum absolute atomic E-state index is 0.0241. The highest BCUT2D eigenvalue weighted by atomic mass is 16.2. The van der Waals surface area contributed by atoms with Crippen molar-refractivity contribution in [3.63, 3.8) is 0 Å². The van der Waals surface area contributed by atoms with E-state index in [1.165, 1.54) is 12.8 Å². The predicted octanol–water partition coefficient (Wildman–Crippen LogP) is 1.03.